The molecule has 0 aliphatic heterocycles. The van der Waals surface area contributed by atoms with Crippen LogP contribution in [0, 0.1) is 0 Å². The van der Waals surface area contributed by atoms with Gasteiger partial charge < -0.3 is 0 Å². The Morgan fingerprint density at radius 2 is 1.40 bits per heavy atom. The molecule has 0 spiro atoms. The van der Waals surface area contributed by atoms with Crippen molar-refractivity contribution in [2.24, 2.45) is 0 Å². The van der Waals surface area contributed by atoms with Crippen molar-refractivity contribution in [3.63, 3.8) is 0 Å². The van der Waals surface area contributed by atoms with Crippen LogP contribution in [-0.4, -0.2) is 14.6 Å². The fourth-order valence-electron chi connectivity index (χ4n) is 0.781. The second-order valence-electron chi connectivity index (χ2n) is 2.64. The average Bonchev–Trinajstić information content (AvgIpc) is 1.97. The van der Waals surface area contributed by atoms with E-state index in [2.05, 4.69) is 13.8 Å². The third-order valence-corrected chi connectivity index (χ3v) is 4.94. The molecule has 0 unspecified atom stereocenters. The molecule has 1 radical (unpaired) electrons. The Bertz CT molecular complexity index is 81.3. The first-order valence-corrected chi connectivity index (χ1v) is 7.65. The van der Waals surface area contributed by atoms with Gasteiger partial charge in [0.25, 0.3) is 0 Å². The molecule has 0 aromatic heterocycles. The molecule has 61 valence electrons. The summed E-state index contributed by atoms with van der Waals surface area (Å²) in [5.41, 5.74) is 0. The summed E-state index contributed by atoms with van der Waals surface area (Å²) in [4.78, 5) is 0. The molecule has 2 heteroatoms. The molecule has 0 rings (SSSR count). The molecule has 0 bridgehead atoms. The van der Waals surface area contributed by atoms with Gasteiger partial charge in [0.05, 0.1) is 0 Å². The molecule has 0 aliphatic carbocycles. The quantitative estimate of drug-likeness (QED) is 0.609. The van der Waals surface area contributed by atoms with E-state index < -0.39 is 14.6 Å². The van der Waals surface area contributed by atoms with Gasteiger partial charge in [-0.15, -0.1) is 0 Å². The van der Waals surface area contributed by atoms with Crippen molar-refractivity contribution < 1.29 is 3.74 Å². The molecule has 0 amide bonds. The summed E-state index contributed by atoms with van der Waals surface area (Å²) in [5.74, 6) is 0. The summed E-state index contributed by atoms with van der Waals surface area (Å²) < 4.78 is 11.2. The fourth-order valence-corrected chi connectivity index (χ4v) is 4.06. The summed E-state index contributed by atoms with van der Waals surface area (Å²) in [6.07, 6.45) is 4.74. The van der Waals surface area contributed by atoms with E-state index in [0.717, 1.165) is 10.4 Å². The van der Waals surface area contributed by atoms with Crippen molar-refractivity contribution >= 4 is 14.6 Å². The van der Waals surface area contributed by atoms with E-state index in [1.54, 1.807) is 0 Å². The summed E-state index contributed by atoms with van der Waals surface area (Å²) >= 11 is -1.55. The molecule has 0 heterocycles. The molecular weight excluding hydrogens is 187 g/mol. The molecule has 0 saturated carbocycles. The van der Waals surface area contributed by atoms with Gasteiger partial charge in [-0.2, -0.15) is 0 Å². The zero-order valence-electron chi connectivity index (χ0n) is 7.10. The van der Waals surface area contributed by atoms with Crippen LogP contribution in [0.4, 0.5) is 0 Å². The van der Waals surface area contributed by atoms with Gasteiger partial charge in [0.1, 0.15) is 0 Å². The summed E-state index contributed by atoms with van der Waals surface area (Å²) in [5, 5.41) is 2.06. The molecule has 0 aliphatic rings. The Labute approximate surface area is 68.7 Å². The molecule has 10 heavy (non-hydrogen) atoms. The number of hydrogen-bond acceptors (Lipinski definition) is 1. The van der Waals surface area contributed by atoms with Gasteiger partial charge in [0.2, 0.25) is 0 Å². The minimum absolute atomic E-state index is 1.03. The van der Waals surface area contributed by atoms with E-state index in [-0.39, 0.29) is 0 Å². The number of unbranched alkanes of at least 4 members (excludes halogenated alkanes) is 2. The SMILES string of the molecule is CCCC[As](=O)CCCC. The van der Waals surface area contributed by atoms with Crippen molar-refractivity contribution in [3.8, 4) is 0 Å². The van der Waals surface area contributed by atoms with E-state index >= 15 is 0 Å². The van der Waals surface area contributed by atoms with Crippen molar-refractivity contribution in [2.45, 2.75) is 49.9 Å². The molecule has 0 N–H and O–H groups in total. The number of hydrogen-bond donors (Lipinski definition) is 0. The molecule has 0 fully saturated rings. The predicted octanol–water partition coefficient (Wildman–Crippen LogP) is 3.01. The zero-order valence-corrected chi connectivity index (χ0v) is 8.97. The van der Waals surface area contributed by atoms with Crippen LogP contribution in [0.2, 0.25) is 10.4 Å². The van der Waals surface area contributed by atoms with E-state index in [4.69, 9.17) is 0 Å². The van der Waals surface area contributed by atoms with Gasteiger partial charge in [-0.25, -0.2) is 0 Å². The number of rotatable bonds is 6. The van der Waals surface area contributed by atoms with Crippen LogP contribution in [0.25, 0.3) is 0 Å². The van der Waals surface area contributed by atoms with E-state index in [9.17, 15) is 3.74 Å². The summed E-state index contributed by atoms with van der Waals surface area (Å²) in [6, 6.07) is 0. The van der Waals surface area contributed by atoms with E-state index in [1.807, 2.05) is 0 Å². The standard InChI is InChI=1S/C8H18AsO/c1-3-5-7-9(10)8-6-4-2/h3-8H2,1-2H3. The minimum atomic E-state index is -1.55. The van der Waals surface area contributed by atoms with Crippen LogP contribution in [-0.2, 0) is 3.74 Å². The first-order valence-electron chi connectivity index (χ1n) is 4.23. The van der Waals surface area contributed by atoms with Crippen LogP contribution in [0.3, 0.4) is 0 Å². The maximum atomic E-state index is 11.2. The molecule has 1 nitrogen and oxygen atoms in total. The summed E-state index contributed by atoms with van der Waals surface area (Å²) in [7, 11) is 0. The summed E-state index contributed by atoms with van der Waals surface area (Å²) in [6.45, 7) is 4.31. The maximum absolute atomic E-state index is 11.2. The van der Waals surface area contributed by atoms with Crippen LogP contribution in [0.15, 0.2) is 0 Å². The van der Waals surface area contributed by atoms with Gasteiger partial charge in [0, 0.05) is 0 Å². The van der Waals surface area contributed by atoms with Crippen LogP contribution >= 0.6 is 0 Å². The van der Waals surface area contributed by atoms with Crippen LogP contribution < -0.4 is 0 Å². The first-order chi connectivity index (χ1) is 4.81. The van der Waals surface area contributed by atoms with Crippen LogP contribution in [0.5, 0.6) is 0 Å². The Morgan fingerprint density at radius 3 is 1.70 bits per heavy atom. The Hall–Kier alpha value is 0.358. The molecular formula is C8H18AsO. The van der Waals surface area contributed by atoms with Gasteiger partial charge in [-0.05, 0) is 0 Å². The van der Waals surface area contributed by atoms with Gasteiger partial charge >= 0.3 is 68.3 Å². The molecule has 0 atom stereocenters. The third-order valence-electron chi connectivity index (χ3n) is 1.52. The van der Waals surface area contributed by atoms with E-state index in [0.29, 0.717) is 0 Å². The fraction of sp³-hybridized carbons (Fsp3) is 1.00. The van der Waals surface area contributed by atoms with Gasteiger partial charge in [-0.1, -0.05) is 0 Å². The second-order valence-corrected chi connectivity index (χ2v) is 6.53. The topological polar surface area (TPSA) is 17.1 Å². The van der Waals surface area contributed by atoms with Crippen molar-refractivity contribution in [2.75, 3.05) is 0 Å². The van der Waals surface area contributed by atoms with Gasteiger partial charge in [0.15, 0.2) is 0 Å². The first kappa shape index (κ1) is 10.4. The molecule has 0 aromatic carbocycles. The second kappa shape index (κ2) is 7.47. The van der Waals surface area contributed by atoms with Crippen molar-refractivity contribution in [1.82, 2.24) is 0 Å². The van der Waals surface area contributed by atoms with E-state index in [1.165, 1.54) is 25.7 Å². The zero-order chi connectivity index (χ0) is 7.82. The van der Waals surface area contributed by atoms with Crippen LogP contribution in [0.1, 0.15) is 39.5 Å². The monoisotopic (exact) mass is 205 g/mol. The van der Waals surface area contributed by atoms with Crippen molar-refractivity contribution in [3.05, 3.63) is 0 Å². The Kier molecular flexibility index (Phi) is 7.73. The predicted molar refractivity (Wildman–Crippen MR) is 45.9 cm³/mol. The average molecular weight is 205 g/mol. The van der Waals surface area contributed by atoms with Gasteiger partial charge in [-0.3, -0.25) is 0 Å². The Morgan fingerprint density at radius 1 is 1.00 bits per heavy atom. The third kappa shape index (κ3) is 6.48. The van der Waals surface area contributed by atoms with Crippen molar-refractivity contribution in [1.29, 1.82) is 0 Å². The Balaban J connectivity index is 3.09. The normalized spacial score (nSPS) is 9.80. The molecule has 0 aromatic rings. The molecule has 0 saturated heterocycles.